The first-order chi connectivity index (χ1) is 10.6. The van der Waals surface area contributed by atoms with Crippen LogP contribution in [0.2, 0.25) is 0 Å². The first kappa shape index (κ1) is 16.1. The summed E-state index contributed by atoms with van der Waals surface area (Å²) < 4.78 is 0. The van der Waals surface area contributed by atoms with Gasteiger partial charge >= 0.3 is 5.97 Å². The lowest BCUT2D eigenvalue weighted by atomic mass is 9.85. The van der Waals surface area contributed by atoms with Crippen molar-refractivity contribution < 1.29 is 15.0 Å². The summed E-state index contributed by atoms with van der Waals surface area (Å²) in [7, 11) is 0. The summed E-state index contributed by atoms with van der Waals surface area (Å²) in [5, 5.41) is 19.4. The molecule has 0 aliphatic rings. The van der Waals surface area contributed by atoms with Crippen molar-refractivity contribution in [3.8, 4) is 5.75 Å². The zero-order valence-corrected chi connectivity index (χ0v) is 12.8. The number of unbranched alkanes of at least 4 members (excludes halogenated alkanes) is 2. The third kappa shape index (κ3) is 3.88. The molecule has 0 aliphatic carbocycles. The van der Waals surface area contributed by atoms with Gasteiger partial charge in [-0.2, -0.15) is 0 Å². The molecular formula is C19H22O3. The lowest BCUT2D eigenvalue weighted by molar-refractivity contribution is 0.0696. The molecule has 0 amide bonds. The molecule has 22 heavy (non-hydrogen) atoms. The van der Waals surface area contributed by atoms with E-state index in [1.54, 1.807) is 6.07 Å². The fraction of sp³-hybridized carbons (Fsp3) is 0.316. The number of carboxylic acid groups (broad SMARTS) is 1. The van der Waals surface area contributed by atoms with E-state index in [1.165, 1.54) is 12.1 Å². The van der Waals surface area contributed by atoms with Crippen LogP contribution in [0.15, 0.2) is 48.5 Å². The molecule has 0 radical (unpaired) electrons. The topological polar surface area (TPSA) is 57.5 Å². The third-order valence-electron chi connectivity index (χ3n) is 3.95. The highest BCUT2D eigenvalue weighted by Crippen LogP contribution is 2.35. The van der Waals surface area contributed by atoms with Crippen LogP contribution in [0.5, 0.6) is 5.75 Å². The fourth-order valence-corrected chi connectivity index (χ4v) is 2.75. The van der Waals surface area contributed by atoms with Crippen LogP contribution in [0.1, 0.15) is 60.0 Å². The maximum absolute atomic E-state index is 11.2. The Kier molecular flexibility index (Phi) is 5.59. The lowest BCUT2D eigenvalue weighted by Gasteiger charge is -2.19. The Labute approximate surface area is 131 Å². The summed E-state index contributed by atoms with van der Waals surface area (Å²) in [6.45, 7) is 2.15. The van der Waals surface area contributed by atoms with Gasteiger partial charge in [0, 0.05) is 11.5 Å². The van der Waals surface area contributed by atoms with Crippen LogP contribution < -0.4 is 0 Å². The molecule has 1 unspecified atom stereocenters. The molecule has 116 valence electrons. The molecule has 1 atom stereocenters. The van der Waals surface area contributed by atoms with Crippen molar-refractivity contribution in [3.63, 3.8) is 0 Å². The van der Waals surface area contributed by atoms with E-state index < -0.39 is 5.97 Å². The minimum absolute atomic E-state index is 0.0204. The predicted octanol–water partition coefficient (Wildman–Crippen LogP) is 4.80. The zero-order chi connectivity index (χ0) is 15.9. The number of hydrogen-bond acceptors (Lipinski definition) is 2. The van der Waals surface area contributed by atoms with Crippen molar-refractivity contribution >= 4 is 5.97 Å². The summed E-state index contributed by atoms with van der Waals surface area (Å²) >= 11 is 0. The molecule has 0 aliphatic heterocycles. The van der Waals surface area contributed by atoms with E-state index in [1.807, 2.05) is 30.3 Å². The summed E-state index contributed by atoms with van der Waals surface area (Å²) in [4.78, 5) is 11.2. The predicted molar refractivity (Wildman–Crippen MR) is 87.5 cm³/mol. The molecule has 0 heterocycles. The van der Waals surface area contributed by atoms with E-state index >= 15 is 0 Å². The van der Waals surface area contributed by atoms with Gasteiger partial charge in [0.2, 0.25) is 0 Å². The number of carboxylic acids is 1. The molecule has 3 heteroatoms. The summed E-state index contributed by atoms with van der Waals surface area (Å²) in [6.07, 6.45) is 4.20. The molecule has 2 rings (SSSR count). The van der Waals surface area contributed by atoms with Gasteiger partial charge in [-0.1, -0.05) is 56.5 Å². The van der Waals surface area contributed by atoms with Crippen molar-refractivity contribution in [3.05, 3.63) is 65.2 Å². The van der Waals surface area contributed by atoms with Crippen LogP contribution >= 0.6 is 0 Å². The van der Waals surface area contributed by atoms with Crippen molar-refractivity contribution in [2.24, 2.45) is 0 Å². The minimum atomic E-state index is -0.971. The lowest BCUT2D eigenvalue weighted by Crippen LogP contribution is -2.05. The average molecular weight is 298 g/mol. The molecule has 0 saturated carbocycles. The van der Waals surface area contributed by atoms with Crippen LogP contribution in [0.4, 0.5) is 0 Å². The Bertz CT molecular complexity index is 620. The molecule has 0 bridgehead atoms. The van der Waals surface area contributed by atoms with Gasteiger partial charge in [0.15, 0.2) is 0 Å². The van der Waals surface area contributed by atoms with Gasteiger partial charge in [0.05, 0.1) is 5.56 Å². The molecule has 0 saturated heterocycles. The molecule has 2 aromatic carbocycles. The van der Waals surface area contributed by atoms with Crippen LogP contribution in [-0.2, 0) is 0 Å². The van der Waals surface area contributed by atoms with Crippen LogP contribution in [-0.4, -0.2) is 16.2 Å². The number of rotatable bonds is 7. The smallest absolute Gasteiger partial charge is 0.335 e. The number of phenolic OH excluding ortho intramolecular Hbond substituents is 1. The molecule has 0 spiro atoms. The second-order valence-corrected chi connectivity index (χ2v) is 5.54. The highest BCUT2D eigenvalue weighted by molar-refractivity contribution is 5.88. The Hall–Kier alpha value is -2.29. The van der Waals surface area contributed by atoms with Gasteiger partial charge in [-0.25, -0.2) is 4.79 Å². The number of aromatic carboxylic acids is 1. The average Bonchev–Trinajstić information content (AvgIpc) is 2.53. The summed E-state index contributed by atoms with van der Waals surface area (Å²) in [5.41, 5.74) is 2.02. The highest BCUT2D eigenvalue weighted by Gasteiger charge is 2.19. The van der Waals surface area contributed by atoms with Crippen molar-refractivity contribution in [1.82, 2.24) is 0 Å². The monoisotopic (exact) mass is 298 g/mol. The number of aromatic hydroxyl groups is 1. The summed E-state index contributed by atoms with van der Waals surface area (Å²) in [6, 6.07) is 14.5. The third-order valence-corrected chi connectivity index (χ3v) is 3.95. The first-order valence-electron chi connectivity index (χ1n) is 7.74. The zero-order valence-electron chi connectivity index (χ0n) is 12.8. The Morgan fingerprint density at radius 3 is 2.45 bits per heavy atom. The maximum atomic E-state index is 11.2. The van der Waals surface area contributed by atoms with Crippen LogP contribution in [0.25, 0.3) is 0 Å². The van der Waals surface area contributed by atoms with E-state index in [2.05, 4.69) is 6.92 Å². The summed E-state index contributed by atoms with van der Waals surface area (Å²) in [5.74, 6) is -0.788. The van der Waals surface area contributed by atoms with E-state index in [4.69, 9.17) is 0 Å². The molecule has 0 aromatic heterocycles. The fourth-order valence-electron chi connectivity index (χ4n) is 2.75. The quantitative estimate of drug-likeness (QED) is 0.722. The SMILES string of the molecule is CCCCCC(c1ccccc1)c1cc(C(=O)O)ccc1O. The van der Waals surface area contributed by atoms with Gasteiger partial charge in [0.25, 0.3) is 0 Å². The highest BCUT2D eigenvalue weighted by atomic mass is 16.4. The van der Waals surface area contributed by atoms with Crippen molar-refractivity contribution in [2.75, 3.05) is 0 Å². The van der Waals surface area contributed by atoms with Gasteiger partial charge in [-0.05, 0) is 30.2 Å². The molecule has 0 fully saturated rings. The Morgan fingerprint density at radius 1 is 1.09 bits per heavy atom. The Balaban J connectivity index is 2.40. The van der Waals surface area contributed by atoms with E-state index in [0.717, 1.165) is 31.2 Å². The number of carbonyl (C=O) groups is 1. The van der Waals surface area contributed by atoms with Gasteiger partial charge in [0.1, 0.15) is 5.75 Å². The van der Waals surface area contributed by atoms with Crippen molar-refractivity contribution in [2.45, 2.75) is 38.5 Å². The van der Waals surface area contributed by atoms with E-state index in [-0.39, 0.29) is 17.2 Å². The van der Waals surface area contributed by atoms with E-state index in [9.17, 15) is 15.0 Å². The number of phenols is 1. The second kappa shape index (κ2) is 7.64. The van der Waals surface area contributed by atoms with Crippen LogP contribution in [0.3, 0.4) is 0 Å². The molecule has 3 nitrogen and oxygen atoms in total. The minimum Gasteiger partial charge on any atom is -0.508 e. The number of benzene rings is 2. The molecular weight excluding hydrogens is 276 g/mol. The van der Waals surface area contributed by atoms with E-state index in [0.29, 0.717) is 5.56 Å². The van der Waals surface area contributed by atoms with Gasteiger partial charge in [-0.15, -0.1) is 0 Å². The first-order valence-corrected chi connectivity index (χ1v) is 7.74. The molecule has 2 aromatic rings. The number of hydrogen-bond donors (Lipinski definition) is 2. The van der Waals surface area contributed by atoms with Crippen LogP contribution in [0, 0.1) is 0 Å². The normalized spacial score (nSPS) is 12.0. The van der Waals surface area contributed by atoms with Gasteiger partial charge in [-0.3, -0.25) is 0 Å². The molecule has 2 N–H and O–H groups in total. The standard InChI is InChI=1S/C19H22O3/c1-2-3-5-10-16(14-8-6-4-7-9-14)17-13-15(19(21)22)11-12-18(17)20/h4,6-9,11-13,16,20H,2-3,5,10H2,1H3,(H,21,22). The Morgan fingerprint density at radius 2 is 1.82 bits per heavy atom. The van der Waals surface area contributed by atoms with Gasteiger partial charge < -0.3 is 10.2 Å². The van der Waals surface area contributed by atoms with Crippen molar-refractivity contribution in [1.29, 1.82) is 0 Å². The second-order valence-electron chi connectivity index (χ2n) is 5.54. The largest absolute Gasteiger partial charge is 0.508 e. The maximum Gasteiger partial charge on any atom is 0.335 e.